The molecule has 3 nitrogen and oxygen atoms in total. The van der Waals surface area contributed by atoms with E-state index in [0.29, 0.717) is 0 Å². The maximum Gasteiger partial charge on any atom is 0.234 e. The minimum Gasteiger partial charge on any atom is -0.279 e. The molecule has 1 aromatic rings. The molecule has 2 amide bonds. The summed E-state index contributed by atoms with van der Waals surface area (Å²) < 4.78 is 0. The first-order valence-electron chi connectivity index (χ1n) is 11.9. The van der Waals surface area contributed by atoms with Crippen LogP contribution in [0.3, 0.4) is 0 Å². The van der Waals surface area contributed by atoms with Gasteiger partial charge in [-0.1, -0.05) is 70.2 Å². The third kappa shape index (κ3) is 2.84. The summed E-state index contributed by atoms with van der Waals surface area (Å²) in [4.78, 5) is 28.7. The number of nitrogens with zero attached hydrogens (tertiary/aromatic N) is 1. The molecule has 4 atom stereocenters. The van der Waals surface area contributed by atoms with Crippen LogP contribution in [0.1, 0.15) is 92.9 Å². The molecule has 0 spiro atoms. The third-order valence-corrected chi connectivity index (χ3v) is 7.83. The van der Waals surface area contributed by atoms with Crippen molar-refractivity contribution in [2.45, 2.75) is 89.5 Å². The van der Waals surface area contributed by atoms with Gasteiger partial charge in [0, 0.05) is 17.9 Å². The van der Waals surface area contributed by atoms with E-state index in [1.807, 2.05) is 0 Å². The van der Waals surface area contributed by atoms with Crippen molar-refractivity contribution in [3.8, 4) is 0 Å². The van der Waals surface area contributed by atoms with E-state index >= 15 is 0 Å². The number of aryl methyl sites for hydroxylation is 2. The van der Waals surface area contributed by atoms with Crippen molar-refractivity contribution >= 4 is 11.8 Å². The van der Waals surface area contributed by atoms with Crippen LogP contribution < -0.4 is 0 Å². The van der Waals surface area contributed by atoms with Crippen molar-refractivity contribution in [2.24, 2.45) is 11.8 Å². The first-order valence-corrected chi connectivity index (χ1v) is 11.9. The maximum atomic E-state index is 13.5. The van der Waals surface area contributed by atoms with Gasteiger partial charge in [-0.3, -0.25) is 14.5 Å². The molecular formula is C26H33NO2. The number of likely N-dealkylation sites (tertiary alicyclic amines) is 1. The Hall–Kier alpha value is -1.90. The summed E-state index contributed by atoms with van der Waals surface area (Å²) in [7, 11) is 0. The van der Waals surface area contributed by atoms with Crippen LogP contribution in [0.5, 0.6) is 0 Å². The summed E-state index contributed by atoms with van der Waals surface area (Å²) in [6, 6.07) is 4.92. The van der Waals surface area contributed by atoms with Gasteiger partial charge in [0.2, 0.25) is 11.8 Å². The van der Waals surface area contributed by atoms with Crippen molar-refractivity contribution in [2.75, 3.05) is 0 Å². The summed E-state index contributed by atoms with van der Waals surface area (Å²) in [6.07, 6.45) is 14.4. The number of carbonyl (C=O) groups excluding carboxylic acids is 2. The fraction of sp³-hybridized carbons (Fsp3) is 0.615. The molecule has 2 fully saturated rings. The highest BCUT2D eigenvalue weighted by atomic mass is 16.2. The van der Waals surface area contributed by atoms with Crippen LogP contribution in [-0.2, 0) is 22.4 Å². The van der Waals surface area contributed by atoms with Gasteiger partial charge < -0.3 is 0 Å². The standard InChI is InChI=1S/C26H33NO2/c1-3-8-16-14-21-19-12-13-20(22(21)15-17(16)9-4-2)24-23(19)25(28)27(26(24)29)18-10-6-5-7-11-18/h12-15,18-20,23-24H,3-11H2,1-2H3/t19-,20+,23+,24-. The van der Waals surface area contributed by atoms with E-state index in [1.54, 1.807) is 4.90 Å². The molecule has 0 radical (unpaired) electrons. The Kier molecular flexibility index (Phi) is 4.88. The van der Waals surface area contributed by atoms with Gasteiger partial charge in [0.25, 0.3) is 0 Å². The minimum absolute atomic E-state index is 0.0799. The quantitative estimate of drug-likeness (QED) is 0.506. The monoisotopic (exact) mass is 391 g/mol. The molecule has 1 saturated carbocycles. The zero-order valence-electron chi connectivity index (χ0n) is 17.8. The van der Waals surface area contributed by atoms with Crippen molar-refractivity contribution in [1.82, 2.24) is 4.90 Å². The molecule has 0 unspecified atom stereocenters. The number of imide groups is 1. The highest BCUT2D eigenvalue weighted by molar-refractivity contribution is 6.07. The summed E-state index contributed by atoms with van der Waals surface area (Å²) in [5, 5.41) is 0. The number of amides is 2. The van der Waals surface area contributed by atoms with Crippen LogP contribution in [0.25, 0.3) is 0 Å². The number of hydrogen-bond acceptors (Lipinski definition) is 2. The zero-order valence-corrected chi connectivity index (χ0v) is 17.8. The van der Waals surface area contributed by atoms with Gasteiger partial charge in [-0.05, 0) is 47.9 Å². The van der Waals surface area contributed by atoms with Gasteiger partial charge in [-0.25, -0.2) is 0 Å². The normalized spacial score (nSPS) is 30.8. The largest absolute Gasteiger partial charge is 0.279 e. The highest BCUT2D eigenvalue weighted by Gasteiger charge is 2.59. The summed E-state index contributed by atoms with van der Waals surface area (Å²) in [5.41, 5.74) is 5.56. The Morgan fingerprint density at radius 1 is 0.793 bits per heavy atom. The van der Waals surface area contributed by atoms with Crippen LogP contribution in [0.2, 0.25) is 0 Å². The molecule has 6 rings (SSSR count). The molecule has 3 heteroatoms. The molecule has 1 aromatic carbocycles. The SMILES string of the molecule is CCCc1cc2c(cc1CCC)[C@@H]1C=C[C@H]2[C@@H]2C(=O)N(C3CCCCC3)C(=O)[C@@H]21. The lowest BCUT2D eigenvalue weighted by Crippen LogP contribution is -2.42. The molecule has 0 N–H and O–H groups in total. The van der Waals surface area contributed by atoms with Gasteiger partial charge in [-0.2, -0.15) is 0 Å². The number of allylic oxidation sites excluding steroid dienone is 2. The lowest BCUT2D eigenvalue weighted by atomic mass is 9.60. The van der Waals surface area contributed by atoms with Gasteiger partial charge in [0.15, 0.2) is 0 Å². The van der Waals surface area contributed by atoms with Gasteiger partial charge in [-0.15, -0.1) is 0 Å². The molecule has 1 heterocycles. The van der Waals surface area contributed by atoms with E-state index in [-0.39, 0.29) is 41.5 Å². The Bertz CT molecular complexity index is 803. The lowest BCUT2D eigenvalue weighted by Gasteiger charge is -2.41. The van der Waals surface area contributed by atoms with E-state index in [0.717, 1.165) is 51.4 Å². The number of rotatable bonds is 5. The van der Waals surface area contributed by atoms with Crippen LogP contribution in [0, 0.1) is 11.8 Å². The zero-order chi connectivity index (χ0) is 20.1. The number of benzene rings is 1. The van der Waals surface area contributed by atoms with Crippen LogP contribution in [0.15, 0.2) is 24.3 Å². The smallest absolute Gasteiger partial charge is 0.234 e. The molecular weight excluding hydrogens is 358 g/mol. The topological polar surface area (TPSA) is 37.4 Å². The Labute approximate surface area is 174 Å². The highest BCUT2D eigenvalue weighted by Crippen LogP contribution is 2.56. The second-order valence-corrected chi connectivity index (χ2v) is 9.58. The molecule has 154 valence electrons. The van der Waals surface area contributed by atoms with Crippen LogP contribution in [-0.4, -0.2) is 22.8 Å². The van der Waals surface area contributed by atoms with E-state index in [4.69, 9.17) is 0 Å². The molecule has 0 aromatic heterocycles. The third-order valence-electron chi connectivity index (χ3n) is 7.83. The average Bonchev–Trinajstić information content (AvgIpc) is 3.02. The summed E-state index contributed by atoms with van der Waals surface area (Å²) >= 11 is 0. The number of carbonyl (C=O) groups is 2. The average molecular weight is 392 g/mol. The lowest BCUT2D eigenvalue weighted by molar-refractivity contribution is -0.143. The van der Waals surface area contributed by atoms with Crippen molar-refractivity contribution in [1.29, 1.82) is 0 Å². The van der Waals surface area contributed by atoms with Crippen molar-refractivity contribution < 1.29 is 9.59 Å². The second kappa shape index (κ2) is 7.41. The van der Waals surface area contributed by atoms with E-state index in [9.17, 15) is 9.59 Å². The Balaban J connectivity index is 1.55. The van der Waals surface area contributed by atoms with Crippen LogP contribution >= 0.6 is 0 Å². The Morgan fingerprint density at radius 2 is 1.28 bits per heavy atom. The van der Waals surface area contributed by atoms with Crippen molar-refractivity contribution in [3.05, 3.63) is 46.5 Å². The first kappa shape index (κ1) is 19.1. The molecule has 5 aliphatic rings. The van der Waals surface area contributed by atoms with Crippen molar-refractivity contribution in [3.63, 3.8) is 0 Å². The second-order valence-electron chi connectivity index (χ2n) is 9.58. The van der Waals surface area contributed by atoms with Gasteiger partial charge in [0.1, 0.15) is 0 Å². The summed E-state index contributed by atoms with van der Waals surface area (Å²) in [6.45, 7) is 4.47. The van der Waals surface area contributed by atoms with Crippen LogP contribution in [0.4, 0.5) is 0 Å². The molecule has 1 saturated heterocycles. The van der Waals surface area contributed by atoms with E-state index in [2.05, 4.69) is 38.1 Å². The fourth-order valence-corrected chi connectivity index (χ4v) is 6.57. The Morgan fingerprint density at radius 3 is 1.72 bits per heavy atom. The molecule has 29 heavy (non-hydrogen) atoms. The predicted molar refractivity (Wildman–Crippen MR) is 115 cm³/mol. The van der Waals surface area contributed by atoms with Gasteiger partial charge in [0.05, 0.1) is 11.8 Å². The van der Waals surface area contributed by atoms with E-state index < -0.39 is 0 Å². The molecule has 4 aliphatic carbocycles. The fourth-order valence-electron chi connectivity index (χ4n) is 6.57. The van der Waals surface area contributed by atoms with Gasteiger partial charge >= 0.3 is 0 Å². The minimum atomic E-state index is -0.168. The predicted octanol–water partition coefficient (Wildman–Crippen LogP) is 5.28. The van der Waals surface area contributed by atoms with E-state index in [1.165, 1.54) is 28.7 Å². The number of hydrogen-bond donors (Lipinski definition) is 0. The summed E-state index contributed by atoms with van der Waals surface area (Å²) in [5.74, 6) is 0.0580. The molecule has 2 bridgehead atoms. The maximum absolute atomic E-state index is 13.5. The first-order chi connectivity index (χ1) is 14.2. The molecule has 1 aliphatic heterocycles.